The Kier molecular flexibility index (Phi) is 8.46. The van der Waals surface area contributed by atoms with E-state index in [0.717, 1.165) is 19.3 Å². The Morgan fingerprint density at radius 1 is 1.26 bits per heavy atom. The Balaban J connectivity index is 1.84. The first-order valence-corrected chi connectivity index (χ1v) is 12.6. The van der Waals surface area contributed by atoms with Gasteiger partial charge in [0.05, 0.1) is 12.7 Å². The number of esters is 1. The fraction of sp³-hybridized carbons (Fsp3) is 0.760. The van der Waals surface area contributed by atoms with Gasteiger partial charge in [-0.05, 0) is 53.4 Å². The van der Waals surface area contributed by atoms with E-state index in [1.807, 2.05) is 12.2 Å². The van der Waals surface area contributed by atoms with Crippen molar-refractivity contribution in [2.24, 2.45) is 5.92 Å². The summed E-state index contributed by atoms with van der Waals surface area (Å²) in [6.45, 7) is 7.08. The molecule has 35 heavy (non-hydrogen) atoms. The molecule has 1 aliphatic carbocycles. The van der Waals surface area contributed by atoms with Crippen LogP contribution in [0.3, 0.4) is 0 Å². The number of rotatable bonds is 3. The molecule has 0 aromatic heterocycles. The lowest BCUT2D eigenvalue weighted by Gasteiger charge is -2.30. The molecule has 0 aromatic rings. The van der Waals surface area contributed by atoms with Gasteiger partial charge in [0.2, 0.25) is 11.8 Å². The van der Waals surface area contributed by atoms with Gasteiger partial charge in [-0.1, -0.05) is 25.0 Å². The Hall–Kier alpha value is -2.62. The van der Waals surface area contributed by atoms with Crippen LogP contribution in [0.25, 0.3) is 0 Å². The van der Waals surface area contributed by atoms with Crippen LogP contribution < -0.4 is 10.6 Å². The molecular weight excluding hydrogens is 454 g/mol. The highest BCUT2D eigenvalue weighted by Crippen LogP contribution is 2.46. The lowest BCUT2D eigenvalue weighted by Crippen LogP contribution is -2.56. The van der Waals surface area contributed by atoms with Crippen LogP contribution in [0.15, 0.2) is 12.2 Å². The summed E-state index contributed by atoms with van der Waals surface area (Å²) in [6, 6.07) is -1.85. The van der Waals surface area contributed by atoms with E-state index in [0.29, 0.717) is 19.3 Å². The number of amides is 3. The standard InChI is InChI=1S/C25H39N3O7/c1-5-34-22(32)25-14-16(25)11-9-7-6-8-10-12-18(26-23(33)35-24(2,3)4)21(31)28-15-17(29)13-19(28)20(30)27-25/h9,11,16-19,29H,5-8,10,12-15H2,1-4H3,(H,26,33)(H,27,30)/t16?,17-,18-,19-,25+/m0/s1. The molecule has 3 amide bonds. The summed E-state index contributed by atoms with van der Waals surface area (Å²) < 4.78 is 10.6. The number of nitrogens with zero attached hydrogens (tertiary/aromatic N) is 1. The highest BCUT2D eigenvalue weighted by molar-refractivity contribution is 5.96. The van der Waals surface area contributed by atoms with E-state index in [4.69, 9.17) is 9.47 Å². The lowest BCUT2D eigenvalue weighted by atomic mass is 10.0. The number of fused-ring (bicyclic) bond motifs is 2. The molecule has 3 N–H and O–H groups in total. The van der Waals surface area contributed by atoms with Crippen LogP contribution in [0.2, 0.25) is 0 Å². The number of carbonyl (C=O) groups is 4. The minimum absolute atomic E-state index is 0.0286. The van der Waals surface area contributed by atoms with E-state index in [2.05, 4.69) is 10.6 Å². The highest BCUT2D eigenvalue weighted by atomic mass is 16.6. The Labute approximate surface area is 206 Å². The minimum Gasteiger partial charge on any atom is -0.464 e. The number of alkyl carbamates (subject to hydrolysis) is 1. The molecule has 0 bridgehead atoms. The van der Waals surface area contributed by atoms with Crippen molar-refractivity contribution in [1.82, 2.24) is 15.5 Å². The van der Waals surface area contributed by atoms with Gasteiger partial charge >= 0.3 is 12.1 Å². The van der Waals surface area contributed by atoms with Crippen molar-refractivity contribution in [1.29, 1.82) is 0 Å². The van der Waals surface area contributed by atoms with Crippen molar-refractivity contribution >= 4 is 23.9 Å². The van der Waals surface area contributed by atoms with E-state index in [9.17, 15) is 24.3 Å². The minimum atomic E-state index is -1.15. The van der Waals surface area contributed by atoms with Crippen LogP contribution in [0, 0.1) is 5.92 Å². The van der Waals surface area contributed by atoms with E-state index < -0.39 is 53.2 Å². The molecule has 1 saturated carbocycles. The van der Waals surface area contributed by atoms with Gasteiger partial charge in [0, 0.05) is 18.9 Å². The van der Waals surface area contributed by atoms with Gasteiger partial charge < -0.3 is 30.1 Å². The van der Waals surface area contributed by atoms with Gasteiger partial charge in [0.1, 0.15) is 23.2 Å². The number of nitrogens with one attached hydrogen (secondary N) is 2. The molecule has 3 rings (SSSR count). The van der Waals surface area contributed by atoms with E-state index in [-0.39, 0.29) is 25.5 Å². The van der Waals surface area contributed by atoms with E-state index in [1.165, 1.54) is 4.90 Å². The summed E-state index contributed by atoms with van der Waals surface area (Å²) in [5.74, 6) is -1.62. The Morgan fingerprint density at radius 2 is 2.00 bits per heavy atom. The van der Waals surface area contributed by atoms with Crippen molar-refractivity contribution in [3.05, 3.63) is 12.2 Å². The van der Waals surface area contributed by atoms with Crippen LogP contribution in [-0.4, -0.2) is 76.4 Å². The normalized spacial score (nSPS) is 31.9. The molecular formula is C25H39N3O7. The third-order valence-electron chi connectivity index (χ3n) is 6.59. The second-order valence-corrected chi connectivity index (χ2v) is 10.7. The molecule has 2 aliphatic heterocycles. The molecule has 3 aliphatic rings. The van der Waals surface area contributed by atoms with Gasteiger partial charge in [-0.2, -0.15) is 0 Å². The molecule has 5 atom stereocenters. The molecule has 1 saturated heterocycles. The summed E-state index contributed by atoms with van der Waals surface area (Å²) in [6.07, 6.45) is 6.49. The van der Waals surface area contributed by atoms with Crippen LogP contribution in [-0.2, 0) is 23.9 Å². The first-order chi connectivity index (χ1) is 16.5. The molecule has 10 nitrogen and oxygen atoms in total. The second kappa shape index (κ2) is 11.0. The monoisotopic (exact) mass is 493 g/mol. The van der Waals surface area contributed by atoms with Crippen LogP contribution in [0.4, 0.5) is 4.79 Å². The van der Waals surface area contributed by atoms with Gasteiger partial charge in [0.25, 0.3) is 0 Å². The third-order valence-corrected chi connectivity index (χ3v) is 6.59. The zero-order valence-corrected chi connectivity index (χ0v) is 21.2. The quantitative estimate of drug-likeness (QED) is 0.403. The van der Waals surface area contributed by atoms with Crippen molar-refractivity contribution in [3.63, 3.8) is 0 Å². The molecule has 2 heterocycles. The van der Waals surface area contributed by atoms with E-state index >= 15 is 0 Å². The van der Waals surface area contributed by atoms with Gasteiger partial charge in [-0.15, -0.1) is 0 Å². The molecule has 10 heteroatoms. The molecule has 2 fully saturated rings. The zero-order chi connectivity index (χ0) is 25.8. The van der Waals surface area contributed by atoms with Gasteiger partial charge in [0.15, 0.2) is 0 Å². The number of ether oxygens (including phenoxy) is 2. The predicted molar refractivity (Wildman–Crippen MR) is 127 cm³/mol. The number of hydrogen-bond acceptors (Lipinski definition) is 7. The van der Waals surface area contributed by atoms with Crippen LogP contribution in [0.1, 0.15) is 72.6 Å². The number of allylic oxidation sites excluding steroid dienone is 1. The fourth-order valence-electron chi connectivity index (χ4n) is 4.77. The summed E-state index contributed by atoms with van der Waals surface area (Å²) in [5, 5.41) is 15.8. The SMILES string of the molecule is CCOC(=O)[C@@]12CC1C=CCCCCC[C@H](NC(=O)OC(C)(C)C)C(=O)N1C[C@@H](O)C[C@H]1C(=O)N2. The smallest absolute Gasteiger partial charge is 0.408 e. The zero-order valence-electron chi connectivity index (χ0n) is 21.2. The average molecular weight is 494 g/mol. The second-order valence-electron chi connectivity index (χ2n) is 10.7. The first-order valence-electron chi connectivity index (χ1n) is 12.6. The predicted octanol–water partition coefficient (Wildman–Crippen LogP) is 1.80. The highest BCUT2D eigenvalue weighted by Gasteiger charge is 2.62. The molecule has 1 unspecified atom stereocenters. The van der Waals surface area contributed by atoms with Crippen LogP contribution >= 0.6 is 0 Å². The van der Waals surface area contributed by atoms with E-state index in [1.54, 1.807) is 27.7 Å². The summed E-state index contributed by atoms with van der Waals surface area (Å²) >= 11 is 0. The van der Waals surface area contributed by atoms with Gasteiger partial charge in [-0.3, -0.25) is 9.59 Å². The number of aliphatic hydroxyl groups is 1. The molecule has 0 radical (unpaired) electrons. The third kappa shape index (κ3) is 6.74. The Bertz CT molecular complexity index is 852. The topological polar surface area (TPSA) is 134 Å². The lowest BCUT2D eigenvalue weighted by molar-refractivity contribution is -0.150. The largest absolute Gasteiger partial charge is 0.464 e. The maximum Gasteiger partial charge on any atom is 0.408 e. The van der Waals surface area contributed by atoms with Crippen molar-refractivity contribution < 1.29 is 33.8 Å². The van der Waals surface area contributed by atoms with Crippen molar-refractivity contribution in [2.75, 3.05) is 13.2 Å². The first kappa shape index (κ1) is 27.0. The summed E-state index contributed by atoms with van der Waals surface area (Å²) in [7, 11) is 0. The van der Waals surface area contributed by atoms with Crippen molar-refractivity contribution in [3.8, 4) is 0 Å². The maximum atomic E-state index is 13.5. The fourth-order valence-corrected chi connectivity index (χ4v) is 4.77. The Morgan fingerprint density at radius 3 is 2.69 bits per heavy atom. The molecule has 196 valence electrons. The van der Waals surface area contributed by atoms with Gasteiger partial charge in [-0.25, -0.2) is 9.59 Å². The molecule has 0 aromatic carbocycles. The van der Waals surface area contributed by atoms with Crippen molar-refractivity contribution in [2.45, 2.75) is 102 Å². The number of aliphatic hydroxyl groups excluding tert-OH is 1. The number of hydrogen-bond donors (Lipinski definition) is 3. The maximum absolute atomic E-state index is 13.5. The molecule has 0 spiro atoms. The summed E-state index contributed by atoms with van der Waals surface area (Å²) in [5.41, 5.74) is -1.88. The summed E-state index contributed by atoms with van der Waals surface area (Å²) in [4.78, 5) is 53.4. The van der Waals surface area contributed by atoms with Crippen LogP contribution in [0.5, 0.6) is 0 Å². The average Bonchev–Trinajstić information content (AvgIpc) is 3.30. The number of carbonyl (C=O) groups excluding carboxylic acids is 4.